The van der Waals surface area contributed by atoms with Crippen molar-refractivity contribution < 1.29 is 24.5 Å². The van der Waals surface area contributed by atoms with Gasteiger partial charge in [0.2, 0.25) is 0 Å². The fraction of sp³-hybridized carbons (Fsp3) is 0.222. The molecule has 2 rings (SSSR count). The second-order valence-electron chi connectivity index (χ2n) is 5.05. The van der Waals surface area contributed by atoms with E-state index in [0.29, 0.717) is 5.56 Å². The summed E-state index contributed by atoms with van der Waals surface area (Å²) < 4.78 is 0. The van der Waals surface area contributed by atoms with E-state index in [1.54, 1.807) is 12.1 Å². The third kappa shape index (κ3) is 4.57. The Morgan fingerprint density at radius 2 is 1.61 bits per heavy atom. The van der Waals surface area contributed by atoms with Gasteiger partial charge in [0.05, 0.1) is 11.1 Å². The van der Waals surface area contributed by atoms with Crippen molar-refractivity contribution in [3.05, 3.63) is 65.2 Å². The lowest BCUT2D eigenvalue weighted by molar-refractivity contribution is -0.187. The Hall–Kier alpha value is -2.82. The number of benzene rings is 2. The highest BCUT2D eigenvalue weighted by molar-refractivity contribution is 5.93. The number of unbranched alkanes of at least 4 members (excludes halogenated alkanes) is 1. The maximum Gasteiger partial charge on any atom is 0.386 e. The highest BCUT2D eigenvalue weighted by Crippen LogP contribution is 2.15. The van der Waals surface area contributed by atoms with E-state index in [-0.39, 0.29) is 11.3 Å². The molecule has 0 saturated heterocycles. The van der Waals surface area contributed by atoms with Crippen LogP contribution in [0.1, 0.15) is 46.0 Å². The number of aryl methyl sites for hydroxylation is 1. The summed E-state index contributed by atoms with van der Waals surface area (Å²) in [4.78, 5) is 33.1. The Labute approximate surface area is 134 Å². The van der Waals surface area contributed by atoms with Gasteiger partial charge in [-0.2, -0.15) is 0 Å². The van der Waals surface area contributed by atoms with E-state index in [2.05, 4.69) is 16.7 Å². The van der Waals surface area contributed by atoms with Gasteiger partial charge in [-0.25, -0.2) is 19.4 Å². The van der Waals surface area contributed by atoms with Crippen molar-refractivity contribution in [2.45, 2.75) is 26.2 Å². The molecule has 0 aromatic heterocycles. The molecule has 5 heteroatoms. The van der Waals surface area contributed by atoms with Crippen LogP contribution in [0.3, 0.4) is 0 Å². The summed E-state index contributed by atoms with van der Waals surface area (Å²) in [5, 5.41) is 9.17. The molecule has 0 bridgehead atoms. The van der Waals surface area contributed by atoms with Crippen LogP contribution in [0.25, 0.3) is 0 Å². The minimum absolute atomic E-state index is 0.0309. The SMILES string of the molecule is CCCCc1ccccc1C(=O)OOC(=O)c1ccc(O)cc1. The number of phenolic OH excluding ortho intramolecular Hbond substituents is 1. The van der Waals surface area contributed by atoms with Gasteiger partial charge in [0.25, 0.3) is 0 Å². The molecule has 0 saturated carbocycles. The first-order valence-corrected chi connectivity index (χ1v) is 7.42. The Balaban J connectivity index is 1.99. The smallest absolute Gasteiger partial charge is 0.386 e. The summed E-state index contributed by atoms with van der Waals surface area (Å²) in [5.41, 5.74) is 1.43. The second kappa shape index (κ2) is 7.98. The molecule has 0 aliphatic heterocycles. The first-order chi connectivity index (χ1) is 11.1. The van der Waals surface area contributed by atoms with Gasteiger partial charge in [-0.15, -0.1) is 0 Å². The number of rotatable bonds is 5. The summed E-state index contributed by atoms with van der Waals surface area (Å²) in [7, 11) is 0. The van der Waals surface area contributed by atoms with Gasteiger partial charge in [0, 0.05) is 0 Å². The monoisotopic (exact) mass is 314 g/mol. The quantitative estimate of drug-likeness (QED) is 0.673. The van der Waals surface area contributed by atoms with Crippen molar-refractivity contribution in [3.8, 4) is 5.75 Å². The van der Waals surface area contributed by atoms with E-state index in [0.717, 1.165) is 24.8 Å². The van der Waals surface area contributed by atoms with Gasteiger partial charge < -0.3 is 5.11 Å². The number of carbonyl (C=O) groups excluding carboxylic acids is 2. The zero-order valence-electron chi connectivity index (χ0n) is 12.8. The molecule has 0 atom stereocenters. The normalized spacial score (nSPS) is 10.1. The topological polar surface area (TPSA) is 72.8 Å². The molecule has 0 amide bonds. The molecule has 2 aromatic carbocycles. The Morgan fingerprint density at radius 3 is 2.30 bits per heavy atom. The largest absolute Gasteiger partial charge is 0.508 e. The molecule has 2 aromatic rings. The summed E-state index contributed by atoms with van der Waals surface area (Å²) in [5.74, 6) is -1.48. The van der Waals surface area contributed by atoms with Crippen molar-refractivity contribution in [2.24, 2.45) is 0 Å². The second-order valence-corrected chi connectivity index (χ2v) is 5.05. The standard InChI is InChI=1S/C18H18O5/c1-2-3-6-13-7-4-5-8-16(13)18(21)23-22-17(20)14-9-11-15(19)12-10-14/h4-5,7-12,19H,2-3,6H2,1H3. The van der Waals surface area contributed by atoms with Gasteiger partial charge in [0.15, 0.2) is 0 Å². The lowest BCUT2D eigenvalue weighted by Gasteiger charge is -2.08. The molecule has 0 spiro atoms. The Kier molecular flexibility index (Phi) is 5.74. The molecule has 5 nitrogen and oxygen atoms in total. The lowest BCUT2D eigenvalue weighted by Crippen LogP contribution is -2.13. The van der Waals surface area contributed by atoms with Crippen LogP contribution in [-0.2, 0) is 16.2 Å². The molecule has 0 radical (unpaired) electrons. The van der Waals surface area contributed by atoms with E-state index in [9.17, 15) is 9.59 Å². The van der Waals surface area contributed by atoms with Crippen LogP contribution in [0, 0.1) is 0 Å². The highest BCUT2D eigenvalue weighted by atomic mass is 17.2. The van der Waals surface area contributed by atoms with Gasteiger partial charge in [-0.3, -0.25) is 0 Å². The molecular weight excluding hydrogens is 296 g/mol. The molecule has 23 heavy (non-hydrogen) atoms. The minimum Gasteiger partial charge on any atom is -0.508 e. The molecular formula is C18H18O5. The first-order valence-electron chi connectivity index (χ1n) is 7.42. The van der Waals surface area contributed by atoms with Crippen molar-refractivity contribution in [2.75, 3.05) is 0 Å². The van der Waals surface area contributed by atoms with Crippen molar-refractivity contribution in [1.82, 2.24) is 0 Å². The highest BCUT2D eigenvalue weighted by Gasteiger charge is 2.16. The molecule has 0 heterocycles. The third-order valence-corrected chi connectivity index (χ3v) is 3.33. The van der Waals surface area contributed by atoms with E-state index < -0.39 is 11.9 Å². The van der Waals surface area contributed by atoms with Crippen molar-refractivity contribution in [3.63, 3.8) is 0 Å². The third-order valence-electron chi connectivity index (χ3n) is 3.33. The molecule has 0 unspecified atom stereocenters. The number of carbonyl (C=O) groups is 2. The van der Waals surface area contributed by atoms with Crippen LogP contribution in [0.2, 0.25) is 0 Å². The van der Waals surface area contributed by atoms with Crippen LogP contribution in [0.5, 0.6) is 5.75 Å². The summed E-state index contributed by atoms with van der Waals surface area (Å²) in [6.07, 6.45) is 2.73. The molecule has 120 valence electrons. The molecule has 0 fully saturated rings. The number of phenols is 1. The minimum atomic E-state index is -0.801. The van der Waals surface area contributed by atoms with E-state index >= 15 is 0 Å². The van der Waals surface area contributed by atoms with Crippen LogP contribution >= 0.6 is 0 Å². The van der Waals surface area contributed by atoms with Crippen molar-refractivity contribution in [1.29, 1.82) is 0 Å². The van der Waals surface area contributed by atoms with Crippen LogP contribution < -0.4 is 0 Å². The van der Waals surface area contributed by atoms with Gasteiger partial charge in [0.1, 0.15) is 5.75 Å². The summed E-state index contributed by atoms with van der Waals surface area (Å²) in [6, 6.07) is 12.5. The molecule has 0 aliphatic rings. The van der Waals surface area contributed by atoms with Crippen molar-refractivity contribution >= 4 is 11.9 Å². The van der Waals surface area contributed by atoms with Gasteiger partial charge in [-0.1, -0.05) is 31.5 Å². The average molecular weight is 314 g/mol. The summed E-state index contributed by atoms with van der Waals surface area (Å²) >= 11 is 0. The van der Waals surface area contributed by atoms with E-state index in [4.69, 9.17) is 5.11 Å². The maximum absolute atomic E-state index is 12.1. The maximum atomic E-state index is 12.1. The number of hydrogen-bond acceptors (Lipinski definition) is 5. The predicted octanol–water partition coefficient (Wildman–Crippen LogP) is 3.66. The number of hydrogen-bond donors (Lipinski definition) is 1. The van der Waals surface area contributed by atoms with Crippen LogP contribution in [-0.4, -0.2) is 17.0 Å². The Bertz CT molecular complexity index is 676. The number of aromatic hydroxyl groups is 1. The van der Waals surface area contributed by atoms with Gasteiger partial charge >= 0.3 is 11.9 Å². The molecule has 0 aliphatic carbocycles. The average Bonchev–Trinajstić information content (AvgIpc) is 2.58. The van der Waals surface area contributed by atoms with E-state index in [1.807, 2.05) is 12.1 Å². The zero-order valence-corrected chi connectivity index (χ0v) is 12.8. The lowest BCUT2D eigenvalue weighted by atomic mass is 10.0. The van der Waals surface area contributed by atoms with Gasteiger partial charge in [-0.05, 0) is 48.7 Å². The first kappa shape index (κ1) is 16.5. The predicted molar refractivity (Wildman–Crippen MR) is 84.0 cm³/mol. The van der Waals surface area contributed by atoms with Crippen LogP contribution in [0.4, 0.5) is 0 Å². The Morgan fingerprint density at radius 1 is 0.957 bits per heavy atom. The van der Waals surface area contributed by atoms with E-state index in [1.165, 1.54) is 24.3 Å². The molecule has 1 N–H and O–H groups in total. The zero-order chi connectivity index (χ0) is 16.7. The fourth-order valence-electron chi connectivity index (χ4n) is 2.07. The fourth-order valence-corrected chi connectivity index (χ4v) is 2.07. The van der Waals surface area contributed by atoms with Crippen LogP contribution in [0.15, 0.2) is 48.5 Å². The summed E-state index contributed by atoms with van der Waals surface area (Å²) in [6.45, 7) is 2.07.